The van der Waals surface area contributed by atoms with Crippen LogP contribution in [0.3, 0.4) is 0 Å². The summed E-state index contributed by atoms with van der Waals surface area (Å²) in [4.78, 5) is 12.0. The van der Waals surface area contributed by atoms with E-state index in [9.17, 15) is 4.79 Å². The molecule has 0 bridgehead atoms. The van der Waals surface area contributed by atoms with E-state index in [0.29, 0.717) is 5.75 Å². The van der Waals surface area contributed by atoms with Gasteiger partial charge in [-0.05, 0) is 49.6 Å². The molecular formula is C19H24N2O2. The van der Waals surface area contributed by atoms with Crippen molar-refractivity contribution < 1.29 is 9.53 Å². The number of hydrazone groups is 1. The molecule has 23 heavy (non-hydrogen) atoms. The Morgan fingerprint density at radius 2 is 1.96 bits per heavy atom. The molecule has 2 aromatic rings. The van der Waals surface area contributed by atoms with Crippen molar-refractivity contribution >= 4 is 22.4 Å². The van der Waals surface area contributed by atoms with E-state index in [2.05, 4.69) is 17.5 Å². The predicted molar refractivity (Wildman–Crippen MR) is 94.8 cm³/mol. The monoisotopic (exact) mass is 312 g/mol. The fraction of sp³-hybridized carbons (Fsp3) is 0.368. The predicted octanol–water partition coefficient (Wildman–Crippen LogP) is 4.29. The molecule has 4 heteroatoms. The number of rotatable bonds is 7. The molecule has 1 N–H and O–H groups in total. The Balaban J connectivity index is 1.94. The van der Waals surface area contributed by atoms with Gasteiger partial charge in [0.15, 0.2) is 6.10 Å². The van der Waals surface area contributed by atoms with Crippen molar-refractivity contribution in [1.82, 2.24) is 5.43 Å². The Labute approximate surface area is 137 Å². The molecule has 0 fully saturated rings. The van der Waals surface area contributed by atoms with Gasteiger partial charge < -0.3 is 4.74 Å². The highest BCUT2D eigenvalue weighted by molar-refractivity contribution is 5.86. The van der Waals surface area contributed by atoms with Gasteiger partial charge in [-0.25, -0.2) is 5.43 Å². The molecule has 1 unspecified atom stereocenters. The van der Waals surface area contributed by atoms with Crippen molar-refractivity contribution in [2.45, 2.75) is 46.1 Å². The normalized spacial score (nSPS) is 12.9. The average Bonchev–Trinajstić information content (AvgIpc) is 2.57. The van der Waals surface area contributed by atoms with Crippen LogP contribution in [0.4, 0.5) is 0 Å². The molecule has 0 aliphatic rings. The van der Waals surface area contributed by atoms with Gasteiger partial charge in [-0.3, -0.25) is 4.79 Å². The first-order valence-electron chi connectivity index (χ1n) is 8.08. The van der Waals surface area contributed by atoms with Crippen molar-refractivity contribution in [3.8, 4) is 5.75 Å². The average molecular weight is 312 g/mol. The zero-order valence-corrected chi connectivity index (χ0v) is 14.0. The highest BCUT2D eigenvalue weighted by Crippen LogP contribution is 2.21. The number of hydrogen-bond donors (Lipinski definition) is 1. The van der Waals surface area contributed by atoms with Gasteiger partial charge in [-0.15, -0.1) is 0 Å². The summed E-state index contributed by atoms with van der Waals surface area (Å²) in [6.45, 7) is 5.78. The van der Waals surface area contributed by atoms with E-state index in [1.807, 2.05) is 49.4 Å². The maximum absolute atomic E-state index is 12.0. The minimum absolute atomic E-state index is 0.242. The van der Waals surface area contributed by atoms with Crippen LogP contribution >= 0.6 is 0 Å². The number of amides is 1. The van der Waals surface area contributed by atoms with Gasteiger partial charge in [-0.2, -0.15) is 5.10 Å². The van der Waals surface area contributed by atoms with E-state index in [4.69, 9.17) is 4.74 Å². The van der Waals surface area contributed by atoms with E-state index in [1.165, 1.54) is 0 Å². The maximum atomic E-state index is 12.0. The van der Waals surface area contributed by atoms with Crippen molar-refractivity contribution in [2.24, 2.45) is 5.10 Å². The Morgan fingerprint density at radius 1 is 1.22 bits per heavy atom. The number of fused-ring (bicyclic) bond motifs is 1. The highest BCUT2D eigenvalue weighted by atomic mass is 16.5. The molecule has 0 saturated carbocycles. The molecule has 0 saturated heterocycles. The van der Waals surface area contributed by atoms with Gasteiger partial charge in [0, 0.05) is 5.71 Å². The molecule has 4 nitrogen and oxygen atoms in total. The SMILES string of the molecule is CCCC/C(C)=N/NC(=O)C(C)Oc1ccc2ccccc2c1. The summed E-state index contributed by atoms with van der Waals surface area (Å²) in [5.74, 6) is 0.437. The number of benzene rings is 2. The number of carbonyl (C=O) groups is 1. The third-order valence-electron chi connectivity index (χ3n) is 3.65. The summed E-state index contributed by atoms with van der Waals surface area (Å²) < 4.78 is 5.72. The van der Waals surface area contributed by atoms with Gasteiger partial charge in [-0.1, -0.05) is 43.7 Å². The van der Waals surface area contributed by atoms with E-state index in [-0.39, 0.29) is 5.91 Å². The van der Waals surface area contributed by atoms with Crippen LogP contribution in [0.15, 0.2) is 47.6 Å². The van der Waals surface area contributed by atoms with Crippen molar-refractivity contribution in [3.63, 3.8) is 0 Å². The summed E-state index contributed by atoms with van der Waals surface area (Å²) in [6, 6.07) is 13.9. The largest absolute Gasteiger partial charge is 0.481 e. The summed E-state index contributed by atoms with van der Waals surface area (Å²) in [6.07, 6.45) is 2.49. The van der Waals surface area contributed by atoms with Gasteiger partial charge in [0.2, 0.25) is 0 Å². The molecule has 122 valence electrons. The number of hydrogen-bond acceptors (Lipinski definition) is 3. The third-order valence-corrected chi connectivity index (χ3v) is 3.65. The fourth-order valence-corrected chi connectivity index (χ4v) is 2.23. The molecule has 0 spiro atoms. The quantitative estimate of drug-likeness (QED) is 0.612. The fourth-order valence-electron chi connectivity index (χ4n) is 2.23. The van der Waals surface area contributed by atoms with Crippen molar-refractivity contribution in [1.29, 1.82) is 0 Å². The molecular weight excluding hydrogens is 288 g/mol. The van der Waals surface area contributed by atoms with Crippen LogP contribution in [-0.2, 0) is 4.79 Å². The molecule has 1 atom stereocenters. The van der Waals surface area contributed by atoms with E-state index >= 15 is 0 Å². The second-order valence-electron chi connectivity index (χ2n) is 5.70. The van der Waals surface area contributed by atoms with E-state index in [0.717, 1.165) is 35.7 Å². The number of ether oxygens (including phenoxy) is 1. The molecule has 0 aliphatic carbocycles. The zero-order valence-electron chi connectivity index (χ0n) is 14.0. The smallest absolute Gasteiger partial charge is 0.280 e. The molecule has 0 aromatic heterocycles. The zero-order chi connectivity index (χ0) is 16.7. The van der Waals surface area contributed by atoms with Crippen LogP contribution < -0.4 is 10.2 Å². The molecule has 2 aromatic carbocycles. The molecule has 0 radical (unpaired) electrons. The Bertz CT molecular complexity index is 695. The Morgan fingerprint density at radius 3 is 2.70 bits per heavy atom. The first-order chi connectivity index (χ1) is 11.1. The lowest BCUT2D eigenvalue weighted by molar-refractivity contribution is -0.127. The van der Waals surface area contributed by atoms with Gasteiger partial charge >= 0.3 is 0 Å². The lowest BCUT2D eigenvalue weighted by Crippen LogP contribution is -2.33. The minimum Gasteiger partial charge on any atom is -0.481 e. The number of unbranched alkanes of at least 4 members (excludes halogenated alkanes) is 1. The van der Waals surface area contributed by atoms with Crippen LogP contribution in [-0.4, -0.2) is 17.7 Å². The lowest BCUT2D eigenvalue weighted by Gasteiger charge is -2.13. The standard InChI is InChI=1S/C19H24N2O2/c1-4-5-8-14(2)20-21-19(22)15(3)23-18-12-11-16-9-6-7-10-17(16)13-18/h6-7,9-13,15H,4-5,8H2,1-3H3,(H,21,22)/b20-14+. The topological polar surface area (TPSA) is 50.7 Å². The van der Waals surface area contributed by atoms with Crippen LogP contribution in [0, 0.1) is 0 Å². The van der Waals surface area contributed by atoms with Crippen LogP contribution in [0.1, 0.15) is 40.0 Å². The summed E-state index contributed by atoms with van der Waals surface area (Å²) in [7, 11) is 0. The minimum atomic E-state index is -0.598. The van der Waals surface area contributed by atoms with Crippen LogP contribution in [0.5, 0.6) is 5.75 Å². The lowest BCUT2D eigenvalue weighted by atomic mass is 10.1. The molecule has 0 aliphatic heterocycles. The van der Waals surface area contributed by atoms with Crippen LogP contribution in [0.2, 0.25) is 0 Å². The number of nitrogens with one attached hydrogen (secondary N) is 1. The van der Waals surface area contributed by atoms with Gasteiger partial charge in [0.1, 0.15) is 5.75 Å². The third kappa shape index (κ3) is 5.09. The van der Waals surface area contributed by atoms with Crippen LogP contribution in [0.25, 0.3) is 10.8 Å². The molecule has 1 amide bonds. The summed E-state index contributed by atoms with van der Waals surface area (Å²) in [5, 5.41) is 6.35. The van der Waals surface area contributed by atoms with Gasteiger partial charge in [0.05, 0.1) is 0 Å². The number of carbonyl (C=O) groups excluding carboxylic acids is 1. The molecule has 2 rings (SSSR count). The second kappa shape index (κ2) is 8.32. The van der Waals surface area contributed by atoms with Crippen molar-refractivity contribution in [2.75, 3.05) is 0 Å². The Kier molecular flexibility index (Phi) is 6.15. The van der Waals surface area contributed by atoms with Gasteiger partial charge in [0.25, 0.3) is 5.91 Å². The summed E-state index contributed by atoms with van der Waals surface area (Å²) in [5.41, 5.74) is 3.50. The van der Waals surface area contributed by atoms with E-state index in [1.54, 1.807) is 6.92 Å². The highest BCUT2D eigenvalue weighted by Gasteiger charge is 2.14. The first kappa shape index (κ1) is 17.0. The summed E-state index contributed by atoms with van der Waals surface area (Å²) >= 11 is 0. The Hall–Kier alpha value is -2.36. The molecule has 0 heterocycles. The maximum Gasteiger partial charge on any atom is 0.280 e. The van der Waals surface area contributed by atoms with Crippen molar-refractivity contribution in [3.05, 3.63) is 42.5 Å². The number of nitrogens with zero attached hydrogens (tertiary/aromatic N) is 1. The first-order valence-corrected chi connectivity index (χ1v) is 8.08. The van der Waals surface area contributed by atoms with E-state index < -0.39 is 6.10 Å². The second-order valence-corrected chi connectivity index (χ2v) is 5.70.